The molecule has 0 unspecified atom stereocenters. The number of nitrogens with zero attached hydrogens (tertiary/aromatic N) is 7. The van der Waals surface area contributed by atoms with Crippen LogP contribution >= 0.6 is 0 Å². The summed E-state index contributed by atoms with van der Waals surface area (Å²) in [7, 11) is 5.59. The predicted molar refractivity (Wildman–Crippen MR) is 63.9 cm³/mol. The lowest BCUT2D eigenvalue weighted by Crippen LogP contribution is -2.07. The molecule has 2 aromatic rings. The molecule has 0 radical (unpaired) electrons. The smallest absolute Gasteiger partial charge is 0.187 e. The van der Waals surface area contributed by atoms with Gasteiger partial charge in [-0.1, -0.05) is 0 Å². The Morgan fingerprint density at radius 3 is 2.88 bits per heavy atom. The summed E-state index contributed by atoms with van der Waals surface area (Å²) in [5.41, 5.74) is 0.763. The summed E-state index contributed by atoms with van der Waals surface area (Å²) < 4.78 is 1.63. The van der Waals surface area contributed by atoms with Crippen LogP contribution in [0.1, 0.15) is 0 Å². The lowest BCUT2D eigenvalue weighted by atomic mass is 10.3. The summed E-state index contributed by atoms with van der Waals surface area (Å²) >= 11 is 0. The van der Waals surface area contributed by atoms with Crippen molar-refractivity contribution < 1.29 is 0 Å². The first-order valence-corrected chi connectivity index (χ1v) is 5.05. The SMILES string of the molecule is CN(C)/C=N/c1nnccc1-c1ncn(C)n1. The number of aromatic nitrogens is 5. The van der Waals surface area contributed by atoms with E-state index in [0.717, 1.165) is 5.56 Å². The average molecular weight is 231 g/mol. The summed E-state index contributed by atoms with van der Waals surface area (Å²) in [6.07, 6.45) is 4.89. The Bertz CT molecular complexity index is 529. The normalized spacial score (nSPS) is 11.0. The molecule has 0 saturated carbocycles. The fourth-order valence-corrected chi connectivity index (χ4v) is 1.23. The largest absolute Gasteiger partial charge is 0.369 e. The van der Waals surface area contributed by atoms with Gasteiger partial charge in [-0.25, -0.2) is 9.98 Å². The van der Waals surface area contributed by atoms with Crippen LogP contribution in [0.15, 0.2) is 23.6 Å². The monoisotopic (exact) mass is 231 g/mol. The predicted octanol–water partition coefficient (Wildman–Crippen LogP) is 0.493. The zero-order chi connectivity index (χ0) is 12.3. The highest BCUT2D eigenvalue weighted by Crippen LogP contribution is 2.23. The molecule has 7 nitrogen and oxygen atoms in total. The van der Waals surface area contributed by atoms with Gasteiger partial charge < -0.3 is 4.90 Å². The van der Waals surface area contributed by atoms with E-state index in [1.165, 1.54) is 0 Å². The number of aliphatic imine (C=N–C) groups is 1. The molecule has 17 heavy (non-hydrogen) atoms. The molecular formula is C10H13N7. The van der Waals surface area contributed by atoms with Crippen LogP contribution in [-0.2, 0) is 7.05 Å². The minimum atomic E-state index is 0.507. The van der Waals surface area contributed by atoms with Crippen LogP contribution in [0.4, 0.5) is 5.82 Å². The van der Waals surface area contributed by atoms with E-state index in [1.807, 2.05) is 26.0 Å². The second-order valence-electron chi connectivity index (χ2n) is 3.72. The lowest BCUT2D eigenvalue weighted by molar-refractivity contribution is 0.643. The number of hydrogen-bond donors (Lipinski definition) is 0. The van der Waals surface area contributed by atoms with Gasteiger partial charge in [0.2, 0.25) is 0 Å². The molecular weight excluding hydrogens is 218 g/mol. The minimum Gasteiger partial charge on any atom is -0.369 e. The summed E-state index contributed by atoms with van der Waals surface area (Å²) in [5.74, 6) is 1.10. The molecule has 0 spiro atoms. The number of rotatable bonds is 3. The maximum Gasteiger partial charge on any atom is 0.187 e. The van der Waals surface area contributed by atoms with Crippen molar-refractivity contribution in [3.63, 3.8) is 0 Å². The van der Waals surface area contributed by atoms with Crippen LogP contribution in [0.3, 0.4) is 0 Å². The Labute approximate surface area is 98.8 Å². The fraction of sp³-hybridized carbons (Fsp3) is 0.300. The Hall–Kier alpha value is -2.31. The number of hydrogen-bond acceptors (Lipinski definition) is 5. The third kappa shape index (κ3) is 2.63. The van der Waals surface area contributed by atoms with Gasteiger partial charge in [0.15, 0.2) is 11.6 Å². The number of aryl methyl sites for hydroxylation is 1. The molecule has 0 aliphatic carbocycles. The van der Waals surface area contributed by atoms with E-state index < -0.39 is 0 Å². The molecule has 0 saturated heterocycles. The van der Waals surface area contributed by atoms with E-state index in [-0.39, 0.29) is 0 Å². The Balaban J connectivity index is 2.40. The third-order valence-corrected chi connectivity index (χ3v) is 1.95. The Kier molecular flexibility index (Phi) is 3.08. The van der Waals surface area contributed by atoms with Gasteiger partial charge in [0.05, 0.1) is 18.1 Å². The topological polar surface area (TPSA) is 72.1 Å². The maximum absolute atomic E-state index is 4.23. The average Bonchev–Trinajstić information content (AvgIpc) is 2.73. The van der Waals surface area contributed by atoms with Gasteiger partial charge in [-0.15, -0.1) is 5.10 Å². The van der Waals surface area contributed by atoms with Crippen molar-refractivity contribution in [2.45, 2.75) is 0 Å². The summed E-state index contributed by atoms with van der Waals surface area (Å²) in [6.45, 7) is 0. The molecule has 7 heteroatoms. The first kappa shape index (κ1) is 11.2. The van der Waals surface area contributed by atoms with E-state index in [4.69, 9.17) is 0 Å². The van der Waals surface area contributed by atoms with Crippen molar-refractivity contribution in [1.29, 1.82) is 0 Å². The second-order valence-corrected chi connectivity index (χ2v) is 3.72. The highest BCUT2D eigenvalue weighted by molar-refractivity contribution is 5.71. The molecule has 0 aliphatic heterocycles. The van der Waals surface area contributed by atoms with Gasteiger partial charge in [0.1, 0.15) is 6.33 Å². The van der Waals surface area contributed by atoms with Gasteiger partial charge in [-0.2, -0.15) is 10.2 Å². The lowest BCUT2D eigenvalue weighted by Gasteiger charge is -2.03. The van der Waals surface area contributed by atoms with E-state index in [9.17, 15) is 0 Å². The van der Waals surface area contributed by atoms with Gasteiger partial charge in [-0.05, 0) is 6.07 Å². The molecule has 0 aliphatic rings. The van der Waals surface area contributed by atoms with E-state index in [0.29, 0.717) is 11.6 Å². The molecule has 2 rings (SSSR count). The summed E-state index contributed by atoms with van der Waals surface area (Å²) in [5, 5.41) is 12.0. The molecule has 0 aromatic carbocycles. The molecule has 2 heterocycles. The third-order valence-electron chi connectivity index (χ3n) is 1.95. The molecule has 0 amide bonds. The van der Waals surface area contributed by atoms with Gasteiger partial charge in [-0.3, -0.25) is 4.68 Å². The van der Waals surface area contributed by atoms with Crippen molar-refractivity contribution >= 4 is 12.2 Å². The maximum atomic E-state index is 4.23. The Morgan fingerprint density at radius 1 is 1.41 bits per heavy atom. The standard InChI is InChI=1S/C10H13N7/c1-16(2)6-11-9-8(4-5-13-14-9)10-12-7-17(3)15-10/h4-7H,1-3H3/b11-6+. The zero-order valence-electron chi connectivity index (χ0n) is 9.94. The van der Waals surface area contributed by atoms with Crippen molar-refractivity contribution in [3.05, 3.63) is 18.6 Å². The fourth-order valence-electron chi connectivity index (χ4n) is 1.23. The van der Waals surface area contributed by atoms with Crippen LogP contribution in [0.5, 0.6) is 0 Å². The molecule has 0 atom stereocenters. The molecule has 0 N–H and O–H groups in total. The van der Waals surface area contributed by atoms with Crippen LogP contribution in [0, 0.1) is 0 Å². The van der Waals surface area contributed by atoms with Crippen LogP contribution in [0.2, 0.25) is 0 Å². The first-order chi connectivity index (χ1) is 8.16. The van der Waals surface area contributed by atoms with Crippen molar-refractivity contribution in [3.8, 4) is 11.4 Å². The van der Waals surface area contributed by atoms with Crippen LogP contribution in [-0.4, -0.2) is 50.3 Å². The second kappa shape index (κ2) is 4.69. The molecule has 2 aromatic heterocycles. The highest BCUT2D eigenvalue weighted by Gasteiger charge is 2.09. The van der Waals surface area contributed by atoms with Crippen LogP contribution < -0.4 is 0 Å². The quantitative estimate of drug-likeness (QED) is 0.568. The zero-order valence-corrected chi connectivity index (χ0v) is 9.94. The summed E-state index contributed by atoms with van der Waals surface area (Å²) in [6, 6.07) is 1.80. The van der Waals surface area contributed by atoms with Gasteiger partial charge >= 0.3 is 0 Å². The van der Waals surface area contributed by atoms with E-state index in [1.54, 1.807) is 29.6 Å². The van der Waals surface area contributed by atoms with Crippen LogP contribution in [0.25, 0.3) is 11.4 Å². The van der Waals surface area contributed by atoms with Crippen molar-refractivity contribution in [2.75, 3.05) is 14.1 Å². The van der Waals surface area contributed by atoms with Gasteiger partial charge in [0, 0.05) is 21.1 Å². The molecule has 0 fully saturated rings. The summed E-state index contributed by atoms with van der Waals surface area (Å²) in [4.78, 5) is 10.2. The minimum absolute atomic E-state index is 0.507. The van der Waals surface area contributed by atoms with Gasteiger partial charge in [0.25, 0.3) is 0 Å². The van der Waals surface area contributed by atoms with E-state index >= 15 is 0 Å². The molecule has 88 valence electrons. The first-order valence-electron chi connectivity index (χ1n) is 5.05. The Morgan fingerprint density at radius 2 is 2.24 bits per heavy atom. The molecule has 0 bridgehead atoms. The van der Waals surface area contributed by atoms with Crippen molar-refractivity contribution in [1.82, 2.24) is 29.9 Å². The van der Waals surface area contributed by atoms with E-state index in [2.05, 4.69) is 25.3 Å². The van der Waals surface area contributed by atoms with Crippen molar-refractivity contribution in [2.24, 2.45) is 12.0 Å². The highest BCUT2D eigenvalue weighted by atomic mass is 15.3.